The van der Waals surface area contributed by atoms with E-state index in [1.165, 1.54) is 6.26 Å². The number of furan rings is 1. The molecule has 0 aliphatic heterocycles. The molecule has 134 valence electrons. The fraction of sp³-hybridized carbons (Fsp3) is 0.222. The highest BCUT2D eigenvalue weighted by Crippen LogP contribution is 2.17. The van der Waals surface area contributed by atoms with Crippen LogP contribution in [0.25, 0.3) is 0 Å². The third kappa shape index (κ3) is 3.97. The van der Waals surface area contributed by atoms with Crippen LogP contribution in [0.2, 0.25) is 0 Å². The van der Waals surface area contributed by atoms with Gasteiger partial charge in [-0.1, -0.05) is 23.4 Å². The molecule has 8 heteroatoms. The van der Waals surface area contributed by atoms with Gasteiger partial charge in [0.15, 0.2) is 11.6 Å². The van der Waals surface area contributed by atoms with Gasteiger partial charge in [0.2, 0.25) is 5.89 Å². The average Bonchev–Trinajstić information content (AvgIpc) is 3.32. The van der Waals surface area contributed by atoms with E-state index in [0.717, 1.165) is 0 Å². The van der Waals surface area contributed by atoms with Crippen molar-refractivity contribution in [2.75, 3.05) is 0 Å². The summed E-state index contributed by atoms with van der Waals surface area (Å²) < 4.78 is 10.2. The lowest BCUT2D eigenvalue weighted by atomic mass is 10.0. The number of nitrogens with one attached hydrogen (secondary N) is 2. The summed E-state index contributed by atoms with van der Waals surface area (Å²) >= 11 is 0. The van der Waals surface area contributed by atoms with E-state index in [1.807, 2.05) is 6.07 Å². The number of hydrogen-bond acceptors (Lipinski definition) is 6. The van der Waals surface area contributed by atoms with Crippen molar-refractivity contribution in [3.8, 4) is 0 Å². The Balaban J connectivity index is 1.62. The second-order valence-corrected chi connectivity index (χ2v) is 6.12. The van der Waals surface area contributed by atoms with Crippen molar-refractivity contribution in [3.05, 3.63) is 71.8 Å². The molecule has 0 bridgehead atoms. The van der Waals surface area contributed by atoms with E-state index in [0.29, 0.717) is 11.4 Å². The quantitative estimate of drug-likeness (QED) is 0.702. The van der Waals surface area contributed by atoms with Gasteiger partial charge < -0.3 is 19.6 Å². The second-order valence-electron chi connectivity index (χ2n) is 6.12. The molecule has 8 nitrogen and oxygen atoms in total. The van der Waals surface area contributed by atoms with Gasteiger partial charge in [-0.2, -0.15) is 4.98 Å². The minimum absolute atomic E-state index is 0.0508. The Morgan fingerprint density at radius 2 is 1.85 bits per heavy atom. The Morgan fingerprint density at radius 1 is 1.08 bits per heavy atom. The average molecular weight is 354 g/mol. The first-order valence-corrected chi connectivity index (χ1v) is 7.98. The van der Waals surface area contributed by atoms with Gasteiger partial charge in [-0.05, 0) is 38.1 Å². The van der Waals surface area contributed by atoms with Crippen LogP contribution < -0.4 is 10.6 Å². The molecule has 2 heterocycles. The van der Waals surface area contributed by atoms with E-state index in [1.54, 1.807) is 50.2 Å². The summed E-state index contributed by atoms with van der Waals surface area (Å²) in [6, 6.07) is 12.0. The van der Waals surface area contributed by atoms with Crippen LogP contribution in [0.5, 0.6) is 0 Å². The van der Waals surface area contributed by atoms with Crippen molar-refractivity contribution >= 4 is 11.8 Å². The lowest BCUT2D eigenvalue weighted by molar-refractivity contribution is 0.0902. The van der Waals surface area contributed by atoms with Crippen LogP contribution in [-0.4, -0.2) is 22.0 Å². The summed E-state index contributed by atoms with van der Waals surface area (Å²) in [5.41, 5.74) is -0.310. The molecule has 2 N–H and O–H groups in total. The fourth-order valence-electron chi connectivity index (χ4n) is 2.23. The van der Waals surface area contributed by atoms with Gasteiger partial charge in [-0.25, -0.2) is 0 Å². The minimum atomic E-state index is -0.848. The summed E-state index contributed by atoms with van der Waals surface area (Å²) in [7, 11) is 0. The van der Waals surface area contributed by atoms with Gasteiger partial charge >= 0.3 is 0 Å². The fourth-order valence-corrected chi connectivity index (χ4v) is 2.23. The molecular formula is C18H18N4O4. The first-order chi connectivity index (χ1) is 12.5. The lowest BCUT2D eigenvalue weighted by Crippen LogP contribution is -2.41. The standard InChI is InChI=1S/C18H18N4O4/c1-18(2,21-15(23)12-7-4-3-5-8-12)17-20-14(26-22-17)11-19-16(24)13-9-6-10-25-13/h3-10H,11H2,1-2H3,(H,19,24)(H,21,23). The summed E-state index contributed by atoms with van der Waals surface area (Å²) in [4.78, 5) is 28.4. The third-order valence-electron chi connectivity index (χ3n) is 3.63. The molecule has 2 amide bonds. The van der Waals surface area contributed by atoms with Crippen molar-refractivity contribution in [2.24, 2.45) is 0 Å². The number of aromatic nitrogens is 2. The lowest BCUT2D eigenvalue weighted by Gasteiger charge is -2.22. The van der Waals surface area contributed by atoms with Crippen LogP contribution in [0.15, 0.2) is 57.7 Å². The molecule has 0 aliphatic carbocycles. The number of nitrogens with zero attached hydrogens (tertiary/aromatic N) is 2. The zero-order valence-corrected chi connectivity index (χ0v) is 14.4. The molecule has 0 atom stereocenters. The Morgan fingerprint density at radius 3 is 2.54 bits per heavy atom. The highest BCUT2D eigenvalue weighted by atomic mass is 16.5. The highest BCUT2D eigenvalue weighted by molar-refractivity contribution is 5.94. The van der Waals surface area contributed by atoms with Gasteiger partial charge in [-0.15, -0.1) is 0 Å². The maximum atomic E-state index is 12.3. The molecule has 0 fully saturated rings. The topological polar surface area (TPSA) is 110 Å². The largest absolute Gasteiger partial charge is 0.459 e. The number of amides is 2. The molecule has 0 radical (unpaired) electrons. The molecule has 1 aromatic carbocycles. The molecule has 0 unspecified atom stereocenters. The van der Waals surface area contributed by atoms with Gasteiger partial charge in [0.25, 0.3) is 11.8 Å². The highest BCUT2D eigenvalue weighted by Gasteiger charge is 2.29. The molecule has 3 rings (SSSR count). The van der Waals surface area contributed by atoms with Crippen molar-refractivity contribution in [1.82, 2.24) is 20.8 Å². The summed E-state index contributed by atoms with van der Waals surface area (Å²) in [6.45, 7) is 3.59. The molecule has 0 saturated carbocycles. The van der Waals surface area contributed by atoms with Crippen molar-refractivity contribution in [3.63, 3.8) is 0 Å². The van der Waals surface area contributed by atoms with Gasteiger partial charge in [0.05, 0.1) is 18.3 Å². The predicted molar refractivity (Wildman–Crippen MR) is 91.1 cm³/mol. The van der Waals surface area contributed by atoms with E-state index in [9.17, 15) is 9.59 Å². The number of benzene rings is 1. The Kier molecular flexibility index (Phi) is 4.83. The molecule has 3 aromatic rings. The van der Waals surface area contributed by atoms with Gasteiger partial charge in [0, 0.05) is 5.56 Å². The Bertz CT molecular complexity index is 885. The van der Waals surface area contributed by atoms with E-state index in [2.05, 4.69) is 20.8 Å². The van der Waals surface area contributed by atoms with Crippen LogP contribution >= 0.6 is 0 Å². The van der Waals surface area contributed by atoms with Crippen LogP contribution in [0.3, 0.4) is 0 Å². The predicted octanol–water partition coefficient (Wildman–Crippen LogP) is 2.26. The van der Waals surface area contributed by atoms with Crippen LogP contribution in [-0.2, 0) is 12.1 Å². The van der Waals surface area contributed by atoms with Crippen molar-refractivity contribution in [1.29, 1.82) is 0 Å². The monoisotopic (exact) mass is 354 g/mol. The number of carbonyl (C=O) groups is 2. The molecular weight excluding hydrogens is 336 g/mol. The molecule has 0 spiro atoms. The Hall–Kier alpha value is -3.42. The maximum Gasteiger partial charge on any atom is 0.287 e. The van der Waals surface area contributed by atoms with Crippen LogP contribution in [0.4, 0.5) is 0 Å². The van der Waals surface area contributed by atoms with Crippen LogP contribution in [0, 0.1) is 0 Å². The number of rotatable bonds is 6. The molecule has 2 aromatic heterocycles. The number of carbonyl (C=O) groups excluding carboxylic acids is 2. The van der Waals surface area contributed by atoms with Crippen molar-refractivity contribution in [2.45, 2.75) is 25.9 Å². The van der Waals surface area contributed by atoms with Crippen LogP contribution in [0.1, 0.15) is 46.5 Å². The first-order valence-electron chi connectivity index (χ1n) is 7.98. The molecule has 0 saturated heterocycles. The summed E-state index contributed by atoms with van der Waals surface area (Å²) in [6.07, 6.45) is 1.41. The van der Waals surface area contributed by atoms with Gasteiger partial charge in [0.1, 0.15) is 0 Å². The van der Waals surface area contributed by atoms with Crippen molar-refractivity contribution < 1.29 is 18.5 Å². The molecule has 0 aliphatic rings. The Labute approximate surface area is 149 Å². The minimum Gasteiger partial charge on any atom is -0.459 e. The number of hydrogen-bond donors (Lipinski definition) is 2. The molecule has 26 heavy (non-hydrogen) atoms. The third-order valence-corrected chi connectivity index (χ3v) is 3.63. The van der Waals surface area contributed by atoms with E-state index in [-0.39, 0.29) is 30.0 Å². The smallest absolute Gasteiger partial charge is 0.287 e. The zero-order chi connectivity index (χ0) is 18.6. The van der Waals surface area contributed by atoms with E-state index < -0.39 is 5.54 Å². The first kappa shape index (κ1) is 17.4. The van der Waals surface area contributed by atoms with E-state index >= 15 is 0 Å². The summed E-state index contributed by atoms with van der Waals surface area (Å²) in [5, 5.41) is 9.38. The summed E-state index contributed by atoms with van der Waals surface area (Å²) in [5.74, 6) is 0.102. The maximum absolute atomic E-state index is 12.3. The SMILES string of the molecule is CC(C)(NC(=O)c1ccccc1)c1noc(CNC(=O)c2ccco2)n1. The zero-order valence-electron chi connectivity index (χ0n) is 14.4. The second kappa shape index (κ2) is 7.22. The normalized spacial score (nSPS) is 11.2. The van der Waals surface area contributed by atoms with Gasteiger partial charge in [-0.3, -0.25) is 9.59 Å². The van der Waals surface area contributed by atoms with E-state index in [4.69, 9.17) is 8.94 Å².